The fourth-order valence-electron chi connectivity index (χ4n) is 2.60. The van der Waals surface area contributed by atoms with Crippen LogP contribution >= 0.6 is 15.9 Å². The lowest BCUT2D eigenvalue weighted by Crippen LogP contribution is -2.25. The van der Waals surface area contributed by atoms with Crippen LogP contribution in [-0.2, 0) is 4.79 Å². The average Bonchev–Trinajstić information content (AvgIpc) is 2.95. The summed E-state index contributed by atoms with van der Waals surface area (Å²) in [5.41, 5.74) is -1.34. The summed E-state index contributed by atoms with van der Waals surface area (Å²) < 4.78 is 73.7. The van der Waals surface area contributed by atoms with Gasteiger partial charge in [-0.05, 0) is 30.7 Å². The van der Waals surface area contributed by atoms with Crippen molar-refractivity contribution in [2.45, 2.75) is 6.92 Å². The van der Waals surface area contributed by atoms with Crippen molar-refractivity contribution in [2.75, 3.05) is 12.1 Å². The Bertz CT molecular complexity index is 1090. The van der Waals surface area contributed by atoms with Crippen molar-refractivity contribution in [2.24, 2.45) is 5.10 Å². The van der Waals surface area contributed by atoms with Crippen LogP contribution < -0.4 is 9.75 Å². The van der Waals surface area contributed by atoms with E-state index in [0.29, 0.717) is 10.0 Å². The quantitative estimate of drug-likeness (QED) is 0.303. The average molecular weight is 477 g/mol. The minimum absolute atomic E-state index is 0.0297. The van der Waals surface area contributed by atoms with Gasteiger partial charge < -0.3 is 9.84 Å². The second-order valence-electron chi connectivity index (χ2n) is 5.82. The first-order valence-corrected chi connectivity index (χ1v) is 8.57. The molecule has 0 saturated carbocycles. The fourth-order valence-corrected chi connectivity index (χ4v) is 3.05. The molecule has 0 aliphatic carbocycles. The van der Waals surface area contributed by atoms with Gasteiger partial charge in [0.15, 0.2) is 34.8 Å². The number of rotatable bonds is 3. The number of amides is 1. The first-order chi connectivity index (χ1) is 13.6. The van der Waals surface area contributed by atoms with E-state index in [1.165, 1.54) is 32.2 Å². The second-order valence-corrected chi connectivity index (χ2v) is 6.68. The highest BCUT2D eigenvalue weighted by Gasteiger charge is 2.37. The number of nitrogens with zero attached hydrogens (tertiary/aromatic N) is 2. The molecule has 0 aromatic heterocycles. The minimum atomic E-state index is -2.34. The molecule has 1 aliphatic heterocycles. The Kier molecular flexibility index (Phi) is 5.35. The molecular weight excluding hydrogens is 467 g/mol. The number of hydrogen-bond acceptors (Lipinski definition) is 4. The number of carbonyl (C=O) groups excluding carboxylic acids is 1. The molecule has 3 rings (SSSR count). The summed E-state index contributed by atoms with van der Waals surface area (Å²) in [7, 11) is 1.30. The third-order valence-electron chi connectivity index (χ3n) is 4.06. The van der Waals surface area contributed by atoms with Crippen LogP contribution in [0, 0.1) is 29.1 Å². The number of hydrogen-bond donors (Lipinski definition) is 1. The number of phenols is 1. The van der Waals surface area contributed by atoms with Crippen molar-refractivity contribution in [1.29, 1.82) is 0 Å². The summed E-state index contributed by atoms with van der Waals surface area (Å²) in [4.78, 5) is 12.6. The summed E-state index contributed by atoms with van der Waals surface area (Å²) in [6.07, 6.45) is 1.26. The molecule has 0 saturated heterocycles. The van der Waals surface area contributed by atoms with Crippen LogP contribution in [0.3, 0.4) is 0 Å². The maximum atomic E-state index is 14.1. The molecule has 1 amide bonds. The molecule has 29 heavy (non-hydrogen) atoms. The van der Waals surface area contributed by atoms with E-state index in [-0.39, 0.29) is 27.8 Å². The molecule has 0 radical (unpaired) electrons. The van der Waals surface area contributed by atoms with Gasteiger partial charge in [0.1, 0.15) is 5.69 Å². The fraction of sp³-hybridized carbons (Fsp3) is 0.111. The van der Waals surface area contributed by atoms with Gasteiger partial charge in [0.2, 0.25) is 5.82 Å². The highest BCUT2D eigenvalue weighted by atomic mass is 79.9. The van der Waals surface area contributed by atoms with Crippen molar-refractivity contribution in [1.82, 2.24) is 0 Å². The van der Waals surface area contributed by atoms with Crippen molar-refractivity contribution < 1.29 is 36.6 Å². The van der Waals surface area contributed by atoms with Crippen LogP contribution in [0.5, 0.6) is 11.5 Å². The van der Waals surface area contributed by atoms with Gasteiger partial charge in [-0.15, -0.1) is 0 Å². The summed E-state index contributed by atoms with van der Waals surface area (Å²) >= 11 is 3.18. The number of phenolic OH excluding ortho intramolecular Hbond substituents is 1. The molecule has 11 heteroatoms. The van der Waals surface area contributed by atoms with Crippen LogP contribution in [0.25, 0.3) is 6.08 Å². The highest BCUT2D eigenvalue weighted by molar-refractivity contribution is 9.10. The molecule has 5 nitrogen and oxygen atoms in total. The Morgan fingerprint density at radius 2 is 1.62 bits per heavy atom. The second kappa shape index (κ2) is 7.47. The summed E-state index contributed by atoms with van der Waals surface area (Å²) in [6, 6.07) is 2.66. The van der Waals surface area contributed by atoms with Gasteiger partial charge in [0, 0.05) is 4.47 Å². The van der Waals surface area contributed by atoms with E-state index in [1.54, 1.807) is 0 Å². The molecule has 2 aromatic carbocycles. The Hall–Kier alpha value is -2.95. The van der Waals surface area contributed by atoms with Gasteiger partial charge in [-0.3, -0.25) is 4.79 Å². The van der Waals surface area contributed by atoms with E-state index < -0.39 is 40.7 Å². The van der Waals surface area contributed by atoms with Crippen molar-refractivity contribution >= 4 is 39.3 Å². The number of hydrazone groups is 1. The summed E-state index contributed by atoms with van der Waals surface area (Å²) in [5.74, 6) is -12.3. The molecular formula is C18H10BrF5N2O3. The van der Waals surface area contributed by atoms with Crippen molar-refractivity contribution in [3.05, 3.63) is 56.8 Å². The first kappa shape index (κ1) is 20.8. The largest absolute Gasteiger partial charge is 0.504 e. The molecule has 1 heterocycles. The Balaban J connectivity index is 2.11. The summed E-state index contributed by atoms with van der Waals surface area (Å²) in [5, 5.41) is 13.5. The molecule has 0 unspecified atom stereocenters. The number of halogens is 6. The lowest BCUT2D eigenvalue weighted by molar-refractivity contribution is -0.114. The molecule has 2 aromatic rings. The molecule has 1 N–H and O–H groups in total. The zero-order valence-electron chi connectivity index (χ0n) is 14.7. The number of anilines is 1. The van der Waals surface area contributed by atoms with Gasteiger partial charge in [-0.2, -0.15) is 10.1 Å². The number of aromatic hydroxyl groups is 1. The van der Waals surface area contributed by atoms with E-state index in [4.69, 9.17) is 4.74 Å². The molecule has 152 valence electrons. The number of carbonyl (C=O) groups is 1. The van der Waals surface area contributed by atoms with Crippen LogP contribution in [0.2, 0.25) is 0 Å². The van der Waals surface area contributed by atoms with Gasteiger partial charge in [-0.25, -0.2) is 22.0 Å². The van der Waals surface area contributed by atoms with E-state index >= 15 is 0 Å². The first-order valence-electron chi connectivity index (χ1n) is 7.78. The van der Waals surface area contributed by atoms with Crippen molar-refractivity contribution in [3.8, 4) is 11.5 Å². The molecule has 0 spiro atoms. The Labute approximate surface area is 168 Å². The zero-order valence-corrected chi connectivity index (χ0v) is 16.2. The Morgan fingerprint density at radius 1 is 1.07 bits per heavy atom. The van der Waals surface area contributed by atoms with Crippen LogP contribution in [0.4, 0.5) is 27.6 Å². The van der Waals surface area contributed by atoms with E-state index in [2.05, 4.69) is 21.0 Å². The van der Waals surface area contributed by atoms with Crippen LogP contribution in [0.15, 0.2) is 27.3 Å². The van der Waals surface area contributed by atoms with Gasteiger partial charge in [-0.1, -0.05) is 15.9 Å². The standard InChI is InChI=1S/C18H10BrF5N2O3/c1-6-8(3-7-4-11(29-2)10(27)5-9(7)19)18(28)26(25-6)17-15(23)13(21)12(20)14(22)16(17)24/h3-5,27H,1-2H3/b8-3+. The highest BCUT2D eigenvalue weighted by Crippen LogP contribution is 2.36. The van der Waals surface area contributed by atoms with E-state index in [9.17, 15) is 31.9 Å². The maximum Gasteiger partial charge on any atom is 0.280 e. The lowest BCUT2D eigenvalue weighted by atomic mass is 10.1. The van der Waals surface area contributed by atoms with Crippen molar-refractivity contribution in [3.63, 3.8) is 0 Å². The number of ether oxygens (including phenoxy) is 1. The van der Waals surface area contributed by atoms with Crippen LogP contribution in [-0.4, -0.2) is 23.8 Å². The van der Waals surface area contributed by atoms with Gasteiger partial charge in [0.05, 0.1) is 18.4 Å². The molecule has 0 bridgehead atoms. The van der Waals surface area contributed by atoms with Gasteiger partial charge >= 0.3 is 0 Å². The predicted octanol–water partition coefficient (Wildman–Crippen LogP) is 4.66. The maximum absolute atomic E-state index is 14.1. The van der Waals surface area contributed by atoms with E-state index in [1.807, 2.05) is 0 Å². The normalized spacial score (nSPS) is 15.3. The smallest absolute Gasteiger partial charge is 0.280 e. The monoisotopic (exact) mass is 476 g/mol. The SMILES string of the molecule is COc1cc(/C=C2/C(=O)N(c3c(F)c(F)c(F)c(F)c3F)N=C2C)c(Br)cc1O. The van der Waals surface area contributed by atoms with Gasteiger partial charge in [0.25, 0.3) is 5.91 Å². The predicted molar refractivity (Wildman–Crippen MR) is 97.2 cm³/mol. The number of methoxy groups -OCH3 is 1. The minimum Gasteiger partial charge on any atom is -0.504 e. The van der Waals surface area contributed by atoms with Crippen LogP contribution in [0.1, 0.15) is 12.5 Å². The number of benzene rings is 2. The van der Waals surface area contributed by atoms with E-state index in [0.717, 1.165) is 0 Å². The molecule has 0 atom stereocenters. The third-order valence-corrected chi connectivity index (χ3v) is 4.75. The molecule has 1 aliphatic rings. The third kappa shape index (κ3) is 3.35. The Morgan fingerprint density at radius 3 is 2.17 bits per heavy atom. The zero-order chi connectivity index (χ0) is 21.6. The lowest BCUT2D eigenvalue weighted by Gasteiger charge is -2.15. The summed E-state index contributed by atoms with van der Waals surface area (Å²) in [6.45, 7) is 1.32. The molecule has 0 fully saturated rings. The topological polar surface area (TPSA) is 62.1 Å².